The summed E-state index contributed by atoms with van der Waals surface area (Å²) < 4.78 is 7.15. The van der Waals surface area contributed by atoms with Crippen LogP contribution in [0.15, 0.2) is 18.2 Å². The highest BCUT2D eigenvalue weighted by Gasteiger charge is 2.26. The lowest BCUT2D eigenvalue weighted by Crippen LogP contribution is -2.36. The van der Waals surface area contributed by atoms with Crippen molar-refractivity contribution in [1.82, 2.24) is 9.47 Å². The van der Waals surface area contributed by atoms with Crippen molar-refractivity contribution in [3.05, 3.63) is 35.0 Å². The number of carboxylic acid groups (broad SMARTS) is 1. The standard InChI is InChI=1S/C16H18N2O4/c1-3-22-16(21)18-7-6-14-12(9-18)11-8-10(15(19)20)4-5-13(11)17(14)2/h4-5,8H,3,6-7,9H2,1-2H3,(H,19,20). The Morgan fingerprint density at radius 1 is 1.36 bits per heavy atom. The maximum Gasteiger partial charge on any atom is 0.410 e. The molecule has 0 bridgehead atoms. The molecule has 1 aliphatic rings. The fourth-order valence-electron chi connectivity index (χ4n) is 3.08. The van der Waals surface area contributed by atoms with Crippen molar-refractivity contribution in [2.24, 2.45) is 7.05 Å². The average molecular weight is 302 g/mol. The average Bonchev–Trinajstić information content (AvgIpc) is 2.80. The first-order valence-corrected chi connectivity index (χ1v) is 7.28. The third kappa shape index (κ3) is 2.20. The molecule has 1 aromatic heterocycles. The van der Waals surface area contributed by atoms with E-state index in [1.165, 1.54) is 0 Å². The maximum atomic E-state index is 11.9. The molecule has 0 saturated heterocycles. The van der Waals surface area contributed by atoms with E-state index in [0.29, 0.717) is 19.7 Å². The largest absolute Gasteiger partial charge is 0.478 e. The Labute approximate surface area is 127 Å². The van der Waals surface area contributed by atoms with Gasteiger partial charge in [-0.05, 0) is 25.1 Å². The molecular formula is C16H18N2O4. The first kappa shape index (κ1) is 14.4. The number of ether oxygens (including phenoxy) is 1. The minimum Gasteiger partial charge on any atom is -0.478 e. The molecule has 6 heteroatoms. The molecule has 22 heavy (non-hydrogen) atoms. The molecular weight excluding hydrogens is 284 g/mol. The minimum absolute atomic E-state index is 0.258. The van der Waals surface area contributed by atoms with E-state index in [1.807, 2.05) is 13.1 Å². The van der Waals surface area contributed by atoms with Crippen molar-refractivity contribution >= 4 is 23.0 Å². The summed E-state index contributed by atoms with van der Waals surface area (Å²) in [5, 5.41) is 10.1. The topological polar surface area (TPSA) is 71.8 Å². The first-order chi connectivity index (χ1) is 10.5. The molecule has 6 nitrogen and oxygen atoms in total. The van der Waals surface area contributed by atoms with Crippen molar-refractivity contribution in [3.8, 4) is 0 Å². The molecule has 2 aromatic rings. The van der Waals surface area contributed by atoms with Gasteiger partial charge < -0.3 is 19.3 Å². The molecule has 0 fully saturated rings. The molecule has 0 radical (unpaired) electrons. The second-order valence-electron chi connectivity index (χ2n) is 5.39. The maximum absolute atomic E-state index is 11.9. The molecule has 1 amide bonds. The zero-order valence-electron chi connectivity index (χ0n) is 12.6. The number of hydrogen-bond donors (Lipinski definition) is 1. The Hall–Kier alpha value is -2.50. The molecule has 0 saturated carbocycles. The number of carbonyl (C=O) groups excluding carboxylic acids is 1. The number of fused-ring (bicyclic) bond motifs is 3. The number of aromatic nitrogens is 1. The Kier molecular flexibility index (Phi) is 3.52. The summed E-state index contributed by atoms with van der Waals surface area (Å²) in [5.41, 5.74) is 3.41. The van der Waals surface area contributed by atoms with E-state index in [2.05, 4.69) is 4.57 Å². The van der Waals surface area contributed by atoms with Crippen LogP contribution in [0.4, 0.5) is 4.79 Å². The number of aromatic carboxylic acids is 1. The predicted octanol–water partition coefficient (Wildman–Crippen LogP) is 2.39. The number of hydrogen-bond acceptors (Lipinski definition) is 3. The summed E-state index contributed by atoms with van der Waals surface area (Å²) in [4.78, 5) is 24.8. The molecule has 0 unspecified atom stereocenters. The molecule has 0 aliphatic carbocycles. The summed E-state index contributed by atoms with van der Waals surface area (Å²) in [5.74, 6) is -0.947. The second kappa shape index (κ2) is 5.36. The molecule has 116 valence electrons. The van der Waals surface area contributed by atoms with Gasteiger partial charge in [-0.25, -0.2) is 9.59 Å². The second-order valence-corrected chi connectivity index (χ2v) is 5.39. The SMILES string of the molecule is CCOC(=O)N1CCc2c(c3cc(C(=O)O)ccc3n2C)C1. The van der Waals surface area contributed by atoms with Gasteiger partial charge in [-0.1, -0.05) is 0 Å². The number of nitrogens with zero attached hydrogens (tertiary/aromatic N) is 2. The minimum atomic E-state index is -0.947. The smallest absolute Gasteiger partial charge is 0.410 e. The number of benzene rings is 1. The number of aryl methyl sites for hydroxylation is 1. The number of rotatable bonds is 2. The number of amides is 1. The zero-order valence-corrected chi connectivity index (χ0v) is 12.6. The number of carbonyl (C=O) groups is 2. The van der Waals surface area contributed by atoms with E-state index in [9.17, 15) is 14.7 Å². The monoisotopic (exact) mass is 302 g/mol. The van der Waals surface area contributed by atoms with Gasteiger partial charge in [0.1, 0.15) is 0 Å². The third-order valence-corrected chi connectivity index (χ3v) is 4.18. The van der Waals surface area contributed by atoms with Crippen molar-refractivity contribution in [2.75, 3.05) is 13.2 Å². The van der Waals surface area contributed by atoms with Crippen LogP contribution in [0.3, 0.4) is 0 Å². The van der Waals surface area contributed by atoms with E-state index in [1.54, 1.807) is 24.0 Å². The summed E-state index contributed by atoms with van der Waals surface area (Å²) in [6.45, 7) is 3.20. The molecule has 1 aliphatic heterocycles. The van der Waals surface area contributed by atoms with Crippen molar-refractivity contribution in [3.63, 3.8) is 0 Å². The van der Waals surface area contributed by atoms with Crippen LogP contribution in [0.2, 0.25) is 0 Å². The summed E-state index contributed by atoms with van der Waals surface area (Å²) in [7, 11) is 1.97. The lowest BCUT2D eigenvalue weighted by Gasteiger charge is -2.27. The Bertz CT molecular complexity index is 763. The normalized spacial score (nSPS) is 14.0. The molecule has 1 aromatic carbocycles. The summed E-state index contributed by atoms with van der Waals surface area (Å²) >= 11 is 0. The highest BCUT2D eigenvalue weighted by Crippen LogP contribution is 2.31. The molecule has 1 N–H and O–H groups in total. The van der Waals surface area contributed by atoms with E-state index in [0.717, 1.165) is 28.6 Å². The van der Waals surface area contributed by atoms with Gasteiger partial charge in [0.15, 0.2) is 0 Å². The van der Waals surface area contributed by atoms with Gasteiger partial charge in [0.25, 0.3) is 0 Å². The molecule has 0 spiro atoms. The summed E-state index contributed by atoms with van der Waals surface area (Å²) in [6, 6.07) is 5.12. The van der Waals surface area contributed by atoms with Crippen LogP contribution in [0.25, 0.3) is 10.9 Å². The van der Waals surface area contributed by atoms with E-state index in [-0.39, 0.29) is 11.7 Å². The zero-order chi connectivity index (χ0) is 15.9. The molecule has 2 heterocycles. The lowest BCUT2D eigenvalue weighted by molar-refractivity contribution is 0.0696. The van der Waals surface area contributed by atoms with Crippen molar-refractivity contribution in [1.29, 1.82) is 0 Å². The van der Waals surface area contributed by atoms with E-state index < -0.39 is 5.97 Å². The Morgan fingerprint density at radius 2 is 2.14 bits per heavy atom. The fourth-order valence-corrected chi connectivity index (χ4v) is 3.08. The third-order valence-electron chi connectivity index (χ3n) is 4.18. The van der Waals surface area contributed by atoms with Crippen LogP contribution in [-0.2, 0) is 24.8 Å². The van der Waals surface area contributed by atoms with Gasteiger partial charge in [0, 0.05) is 42.2 Å². The van der Waals surface area contributed by atoms with Crippen LogP contribution in [0, 0.1) is 0 Å². The van der Waals surface area contributed by atoms with Gasteiger partial charge in [0.05, 0.1) is 18.7 Å². The molecule has 3 rings (SSSR count). The predicted molar refractivity (Wildman–Crippen MR) is 81.0 cm³/mol. The van der Waals surface area contributed by atoms with Crippen LogP contribution in [0.1, 0.15) is 28.5 Å². The highest BCUT2D eigenvalue weighted by atomic mass is 16.6. The van der Waals surface area contributed by atoms with Gasteiger partial charge in [-0.15, -0.1) is 0 Å². The van der Waals surface area contributed by atoms with Crippen molar-refractivity contribution < 1.29 is 19.4 Å². The lowest BCUT2D eigenvalue weighted by atomic mass is 10.0. The fraction of sp³-hybridized carbons (Fsp3) is 0.375. The van der Waals surface area contributed by atoms with Crippen LogP contribution in [-0.4, -0.2) is 39.8 Å². The Morgan fingerprint density at radius 3 is 2.82 bits per heavy atom. The van der Waals surface area contributed by atoms with Gasteiger partial charge >= 0.3 is 12.1 Å². The highest BCUT2D eigenvalue weighted by molar-refractivity contribution is 5.95. The van der Waals surface area contributed by atoms with Crippen LogP contribution >= 0.6 is 0 Å². The van der Waals surface area contributed by atoms with Crippen LogP contribution < -0.4 is 0 Å². The first-order valence-electron chi connectivity index (χ1n) is 7.28. The quantitative estimate of drug-likeness (QED) is 0.924. The van der Waals surface area contributed by atoms with Gasteiger partial charge in [-0.3, -0.25) is 0 Å². The van der Waals surface area contributed by atoms with E-state index in [4.69, 9.17) is 4.74 Å². The number of carboxylic acids is 1. The van der Waals surface area contributed by atoms with Gasteiger partial charge in [-0.2, -0.15) is 0 Å². The van der Waals surface area contributed by atoms with Crippen LogP contribution in [0.5, 0.6) is 0 Å². The Balaban J connectivity index is 2.06. The summed E-state index contributed by atoms with van der Waals surface area (Å²) in [6.07, 6.45) is 0.418. The molecule has 0 atom stereocenters. The van der Waals surface area contributed by atoms with Crippen molar-refractivity contribution in [2.45, 2.75) is 19.9 Å². The van der Waals surface area contributed by atoms with E-state index >= 15 is 0 Å². The van der Waals surface area contributed by atoms with Gasteiger partial charge in [0.2, 0.25) is 0 Å².